The van der Waals surface area contributed by atoms with Gasteiger partial charge in [0.2, 0.25) is 0 Å². The number of allylic oxidation sites excluding steroid dienone is 8. The largest absolute Gasteiger partial charge is 0.462 e. The number of carbonyl (C=O) groups is 2. The van der Waals surface area contributed by atoms with Gasteiger partial charge in [-0.3, -0.25) is 9.59 Å². The quantitative estimate of drug-likeness (QED) is 0.0173. The normalized spacial score (nSPS) is 25.7. The molecule has 2 rings (SSSR count). The van der Waals surface area contributed by atoms with E-state index in [0.717, 1.165) is 51.4 Å². The highest BCUT2D eigenvalue weighted by Crippen LogP contribution is 2.26. The summed E-state index contributed by atoms with van der Waals surface area (Å²) >= 11 is 0. The van der Waals surface area contributed by atoms with Gasteiger partial charge in [-0.15, -0.1) is 0 Å². The summed E-state index contributed by atoms with van der Waals surface area (Å²) in [7, 11) is 0. The van der Waals surface area contributed by atoms with Gasteiger partial charge in [0.05, 0.1) is 19.8 Å². The summed E-state index contributed by atoms with van der Waals surface area (Å²) in [6.45, 7) is 2.53. The fourth-order valence-corrected chi connectivity index (χ4v) is 8.29. The molecule has 0 radical (unpaired) electrons. The highest BCUT2D eigenvalue weighted by atomic mass is 16.7. The molecule has 2 heterocycles. The maximum Gasteiger partial charge on any atom is 0.306 e. The van der Waals surface area contributed by atoms with Gasteiger partial charge in [0.25, 0.3) is 0 Å². The summed E-state index contributed by atoms with van der Waals surface area (Å²) in [6.07, 6.45) is 30.0. The average Bonchev–Trinajstić information content (AvgIpc) is 3.35. The van der Waals surface area contributed by atoms with Crippen molar-refractivity contribution in [2.24, 2.45) is 0 Å². The molecule has 4 unspecified atom stereocenters. The Bertz CT molecular complexity index is 1400. The van der Waals surface area contributed by atoms with Crippen LogP contribution in [0.5, 0.6) is 0 Å². The first kappa shape index (κ1) is 63.6. The molecule has 15 nitrogen and oxygen atoms in total. The minimum atomic E-state index is -1.78. The molecule has 0 spiro atoms. The van der Waals surface area contributed by atoms with E-state index in [0.29, 0.717) is 19.3 Å². The van der Waals surface area contributed by atoms with Crippen LogP contribution in [0.3, 0.4) is 0 Å². The van der Waals surface area contributed by atoms with Gasteiger partial charge in [0.15, 0.2) is 18.7 Å². The van der Waals surface area contributed by atoms with Crippen molar-refractivity contribution in [1.29, 1.82) is 0 Å². The van der Waals surface area contributed by atoms with E-state index in [1.165, 1.54) is 96.3 Å². The number of hydrogen-bond acceptors (Lipinski definition) is 15. The van der Waals surface area contributed by atoms with Crippen LogP contribution in [0.4, 0.5) is 0 Å². The average molecular weight is 997 g/mol. The van der Waals surface area contributed by atoms with E-state index in [9.17, 15) is 45.3 Å². The molecule has 2 fully saturated rings. The molecule has 2 aliphatic rings. The SMILES string of the molecule is CCCCCCCC/C=C/C/C=C/C/C=C/CCCC(=O)O[C@@H](COC(=O)CCCCCCCCC/C=C/CCCCCCCC)CO[C@@H]1O[C@H](CO[C@@H]2O[C@H](CO)[C@H](O)C(O)C2O)[C@H](O)C(O)C1O. The van der Waals surface area contributed by atoms with Crippen LogP contribution in [0.15, 0.2) is 48.6 Å². The lowest BCUT2D eigenvalue weighted by Crippen LogP contribution is -2.61. The van der Waals surface area contributed by atoms with Crippen LogP contribution in [-0.4, -0.2) is 142 Å². The van der Waals surface area contributed by atoms with Crippen LogP contribution in [0.2, 0.25) is 0 Å². The third kappa shape index (κ3) is 29.2. The summed E-state index contributed by atoms with van der Waals surface area (Å²) in [4.78, 5) is 25.8. The first-order valence-corrected chi connectivity index (χ1v) is 27.2. The van der Waals surface area contributed by atoms with Gasteiger partial charge in [-0.2, -0.15) is 0 Å². The van der Waals surface area contributed by atoms with Gasteiger partial charge in [-0.1, -0.05) is 159 Å². The molecule has 0 bridgehead atoms. The van der Waals surface area contributed by atoms with Crippen LogP contribution in [0.25, 0.3) is 0 Å². The van der Waals surface area contributed by atoms with E-state index < -0.39 is 99.3 Å². The molecule has 2 saturated heterocycles. The predicted octanol–water partition coefficient (Wildman–Crippen LogP) is 8.27. The van der Waals surface area contributed by atoms with Crippen LogP contribution in [0, 0.1) is 0 Å². The molecule has 0 aromatic carbocycles. The summed E-state index contributed by atoms with van der Waals surface area (Å²) in [5.41, 5.74) is 0. The molecule has 11 atom stereocenters. The number of rotatable bonds is 42. The number of esters is 2. The Morgan fingerprint density at radius 3 is 1.40 bits per heavy atom. The fraction of sp³-hybridized carbons (Fsp3) is 0.818. The Morgan fingerprint density at radius 1 is 0.457 bits per heavy atom. The van der Waals surface area contributed by atoms with Gasteiger partial charge in [-0.05, 0) is 70.6 Å². The van der Waals surface area contributed by atoms with Crippen LogP contribution in [0.1, 0.15) is 194 Å². The molecule has 0 saturated carbocycles. The van der Waals surface area contributed by atoms with Crippen molar-refractivity contribution in [2.75, 3.05) is 26.4 Å². The van der Waals surface area contributed by atoms with E-state index in [1.807, 2.05) is 6.08 Å². The van der Waals surface area contributed by atoms with Crippen molar-refractivity contribution in [2.45, 2.75) is 261 Å². The second kappa shape index (κ2) is 41.9. The third-order valence-corrected chi connectivity index (χ3v) is 12.8. The number of unbranched alkanes of at least 4 members (excludes halogenated alkanes) is 20. The summed E-state index contributed by atoms with van der Waals surface area (Å²) in [5, 5.41) is 72.1. The smallest absolute Gasteiger partial charge is 0.306 e. The van der Waals surface area contributed by atoms with Gasteiger partial charge in [0.1, 0.15) is 55.4 Å². The number of carbonyl (C=O) groups excluding carboxylic acids is 2. The third-order valence-electron chi connectivity index (χ3n) is 12.8. The lowest BCUT2D eigenvalue weighted by atomic mass is 9.98. The van der Waals surface area contributed by atoms with Crippen LogP contribution in [-0.2, 0) is 38.0 Å². The van der Waals surface area contributed by atoms with Crippen molar-refractivity contribution < 1.29 is 73.8 Å². The Hall–Kier alpha value is -2.54. The summed E-state index contributed by atoms with van der Waals surface area (Å²) in [6, 6.07) is 0. The van der Waals surface area contributed by atoms with E-state index in [2.05, 4.69) is 56.4 Å². The molecular weight excluding hydrogens is 901 g/mol. The molecule has 70 heavy (non-hydrogen) atoms. The lowest BCUT2D eigenvalue weighted by molar-refractivity contribution is -0.332. The van der Waals surface area contributed by atoms with Gasteiger partial charge in [-0.25, -0.2) is 0 Å². The van der Waals surface area contributed by atoms with Crippen LogP contribution < -0.4 is 0 Å². The second-order valence-corrected chi connectivity index (χ2v) is 19.0. The Morgan fingerprint density at radius 2 is 0.871 bits per heavy atom. The monoisotopic (exact) mass is 997 g/mol. The minimum absolute atomic E-state index is 0.0921. The molecule has 0 amide bonds. The Labute approximate surface area is 420 Å². The molecule has 15 heteroatoms. The van der Waals surface area contributed by atoms with E-state index >= 15 is 0 Å². The molecule has 0 aromatic rings. The molecule has 2 aliphatic heterocycles. The molecule has 7 N–H and O–H groups in total. The number of ether oxygens (including phenoxy) is 6. The standard InChI is InChI=1S/C55H96O15/c1-3-5-7-9-11-13-15-17-19-21-23-25-27-29-31-33-35-37-46(57)65-40-43(68-47(58)38-36-34-32-30-28-26-24-22-20-18-16-14-12-10-8-6-4-2)41-66-54-53(64)51(62)49(60)45(70-54)42-67-55-52(63)50(61)48(59)44(39-56)69-55/h17-20,24,26,30,32,43-45,48-56,59-64H,3-16,21-23,25,27-29,31,33-42H2,1-2H3/b19-17+,20-18+,26-24+,32-30+/t43-,44+,45+,48-,49-,50?,51?,52?,53?,54+,55+/m0/s1. The van der Waals surface area contributed by atoms with Gasteiger partial charge in [0, 0.05) is 12.8 Å². The Kier molecular flexibility index (Phi) is 38.0. The summed E-state index contributed by atoms with van der Waals surface area (Å²) in [5.74, 6) is -0.990. The zero-order chi connectivity index (χ0) is 51.0. The number of aliphatic hydroxyl groups is 7. The van der Waals surface area contributed by atoms with Crippen molar-refractivity contribution in [1.82, 2.24) is 0 Å². The molecular formula is C55H96O15. The first-order chi connectivity index (χ1) is 34.0. The van der Waals surface area contributed by atoms with E-state index in [4.69, 9.17) is 28.4 Å². The highest BCUT2D eigenvalue weighted by Gasteiger charge is 2.47. The van der Waals surface area contributed by atoms with Crippen molar-refractivity contribution >= 4 is 11.9 Å². The summed E-state index contributed by atoms with van der Waals surface area (Å²) < 4.78 is 33.6. The van der Waals surface area contributed by atoms with E-state index in [-0.39, 0.29) is 19.4 Å². The van der Waals surface area contributed by atoms with Gasteiger partial charge >= 0.3 is 11.9 Å². The zero-order valence-corrected chi connectivity index (χ0v) is 43.0. The first-order valence-electron chi connectivity index (χ1n) is 27.2. The predicted molar refractivity (Wildman–Crippen MR) is 270 cm³/mol. The van der Waals surface area contributed by atoms with E-state index in [1.54, 1.807) is 0 Å². The molecule has 406 valence electrons. The maximum absolute atomic E-state index is 13.0. The topological polar surface area (TPSA) is 231 Å². The van der Waals surface area contributed by atoms with Gasteiger partial charge < -0.3 is 64.2 Å². The molecule has 0 aromatic heterocycles. The highest BCUT2D eigenvalue weighted by molar-refractivity contribution is 5.70. The van der Waals surface area contributed by atoms with Crippen LogP contribution >= 0.6 is 0 Å². The van der Waals surface area contributed by atoms with Crippen molar-refractivity contribution in [3.63, 3.8) is 0 Å². The number of aliphatic hydroxyl groups excluding tert-OH is 7. The van der Waals surface area contributed by atoms with Crippen molar-refractivity contribution in [3.05, 3.63) is 48.6 Å². The zero-order valence-electron chi connectivity index (χ0n) is 43.0. The minimum Gasteiger partial charge on any atom is -0.462 e. The number of hydrogen-bond donors (Lipinski definition) is 7. The van der Waals surface area contributed by atoms with Crippen molar-refractivity contribution in [3.8, 4) is 0 Å². The lowest BCUT2D eigenvalue weighted by Gasteiger charge is -2.42. The molecule has 0 aliphatic carbocycles. The Balaban J connectivity index is 1.82. The fourth-order valence-electron chi connectivity index (χ4n) is 8.29. The maximum atomic E-state index is 13.0. The second-order valence-electron chi connectivity index (χ2n) is 19.0.